The summed E-state index contributed by atoms with van der Waals surface area (Å²) in [7, 11) is -0.396. The van der Waals surface area contributed by atoms with Crippen LogP contribution in [0.15, 0.2) is 29.2 Å². The summed E-state index contributed by atoms with van der Waals surface area (Å²) in [6, 6.07) is 5.37. The van der Waals surface area contributed by atoms with E-state index in [4.69, 9.17) is 4.74 Å². The van der Waals surface area contributed by atoms with Crippen LogP contribution in [0.5, 0.6) is 5.75 Å². The first-order chi connectivity index (χ1) is 13.6. The molecule has 8 nitrogen and oxygen atoms in total. The second-order valence-electron chi connectivity index (χ2n) is 7.14. The first-order valence-corrected chi connectivity index (χ1v) is 11.3. The highest BCUT2D eigenvalue weighted by atomic mass is 32.2. The maximum atomic E-state index is 12.2. The van der Waals surface area contributed by atoms with Crippen LogP contribution in [0, 0.1) is 6.92 Å². The molecule has 3 rings (SSSR count). The third-order valence-corrected chi connectivity index (χ3v) is 5.37. The summed E-state index contributed by atoms with van der Waals surface area (Å²) in [6.45, 7) is 4.82. The summed E-state index contributed by atoms with van der Waals surface area (Å²) in [4.78, 5) is 16.8. The Balaban J connectivity index is 2.30. The average Bonchev–Trinajstić information content (AvgIpc) is 2.96. The van der Waals surface area contributed by atoms with Gasteiger partial charge in [-0.3, -0.25) is 9.52 Å². The van der Waals surface area contributed by atoms with E-state index in [9.17, 15) is 13.2 Å². The fraction of sp³-hybridized carbons (Fsp3) is 0.400. The number of methoxy groups -OCH3 is 1. The smallest absolute Gasteiger partial charge is 0.292 e. The normalized spacial score (nSPS) is 11.8. The van der Waals surface area contributed by atoms with Crippen molar-refractivity contribution in [2.45, 2.75) is 33.2 Å². The minimum absolute atomic E-state index is 0.221. The van der Waals surface area contributed by atoms with Gasteiger partial charge < -0.3 is 13.9 Å². The Hall–Kier alpha value is -2.81. The zero-order chi connectivity index (χ0) is 21.3. The Labute approximate surface area is 170 Å². The molecule has 2 aromatic heterocycles. The Bertz CT molecular complexity index is 1230. The van der Waals surface area contributed by atoms with E-state index in [-0.39, 0.29) is 11.3 Å². The molecule has 0 spiro atoms. The number of unbranched alkanes of at least 4 members (excludes halogenated alkanes) is 1. The van der Waals surface area contributed by atoms with Crippen LogP contribution in [0.3, 0.4) is 0 Å². The predicted molar refractivity (Wildman–Crippen MR) is 115 cm³/mol. The van der Waals surface area contributed by atoms with Crippen molar-refractivity contribution in [1.29, 1.82) is 0 Å². The Morgan fingerprint density at radius 3 is 2.55 bits per heavy atom. The lowest BCUT2D eigenvalue weighted by Gasteiger charge is -2.12. The molecule has 2 heterocycles. The third-order valence-electron chi connectivity index (χ3n) is 4.78. The maximum absolute atomic E-state index is 12.2. The first kappa shape index (κ1) is 20.9. The number of ether oxygens (including phenoxy) is 1. The van der Waals surface area contributed by atoms with Crippen molar-refractivity contribution in [3.05, 3.63) is 40.6 Å². The minimum atomic E-state index is -3.49. The number of anilines is 1. The van der Waals surface area contributed by atoms with Gasteiger partial charge in [-0.25, -0.2) is 13.4 Å². The number of hydrogen-bond acceptors (Lipinski definition) is 5. The zero-order valence-electron chi connectivity index (χ0n) is 17.3. The van der Waals surface area contributed by atoms with Gasteiger partial charge in [0.25, 0.3) is 5.56 Å². The van der Waals surface area contributed by atoms with E-state index in [2.05, 4.69) is 21.2 Å². The Morgan fingerprint density at radius 1 is 1.21 bits per heavy atom. The van der Waals surface area contributed by atoms with Crippen molar-refractivity contribution in [3.8, 4) is 16.9 Å². The number of hydrogen-bond donors (Lipinski definition) is 1. The van der Waals surface area contributed by atoms with E-state index in [1.165, 1.54) is 11.7 Å². The lowest BCUT2D eigenvalue weighted by Crippen LogP contribution is -2.17. The Morgan fingerprint density at radius 2 is 1.93 bits per heavy atom. The molecule has 0 fully saturated rings. The van der Waals surface area contributed by atoms with Crippen LogP contribution < -0.4 is 15.0 Å². The molecule has 0 unspecified atom stereocenters. The van der Waals surface area contributed by atoms with Gasteiger partial charge >= 0.3 is 0 Å². The summed E-state index contributed by atoms with van der Waals surface area (Å²) in [5.74, 6) is 1.04. The van der Waals surface area contributed by atoms with Gasteiger partial charge in [0.05, 0.1) is 24.6 Å². The van der Waals surface area contributed by atoms with Crippen LogP contribution in [-0.2, 0) is 23.6 Å². The van der Waals surface area contributed by atoms with Gasteiger partial charge in [0.1, 0.15) is 11.3 Å². The molecule has 0 aliphatic heterocycles. The van der Waals surface area contributed by atoms with Crippen LogP contribution >= 0.6 is 0 Å². The summed E-state index contributed by atoms with van der Waals surface area (Å²) in [5.41, 5.74) is 3.11. The number of aromatic nitrogens is 3. The molecule has 0 bridgehead atoms. The van der Waals surface area contributed by atoms with Crippen molar-refractivity contribution >= 4 is 26.7 Å². The fourth-order valence-electron chi connectivity index (χ4n) is 3.37. The molecule has 156 valence electrons. The van der Waals surface area contributed by atoms with Crippen LogP contribution in [0.25, 0.3) is 22.2 Å². The second kappa shape index (κ2) is 7.90. The highest BCUT2D eigenvalue weighted by Crippen LogP contribution is 2.32. The first-order valence-electron chi connectivity index (χ1n) is 9.38. The van der Waals surface area contributed by atoms with Gasteiger partial charge in [-0.2, -0.15) is 0 Å². The number of fused-ring (bicyclic) bond motifs is 1. The monoisotopic (exact) mass is 418 g/mol. The molecule has 0 saturated carbocycles. The SMILES string of the molecule is CCCCn1c(C)nc2c(NS(C)(=O)=O)cc(-c3cc(OC)c(=O)n(C)c3)cc21. The molecule has 9 heteroatoms. The third kappa shape index (κ3) is 4.29. The lowest BCUT2D eigenvalue weighted by molar-refractivity contribution is 0.405. The van der Waals surface area contributed by atoms with E-state index in [1.807, 2.05) is 13.0 Å². The van der Waals surface area contributed by atoms with Crippen LogP contribution in [-0.4, -0.2) is 35.9 Å². The van der Waals surface area contributed by atoms with Crippen LogP contribution in [0.2, 0.25) is 0 Å². The number of nitrogens with zero attached hydrogens (tertiary/aromatic N) is 3. The number of nitrogens with one attached hydrogen (secondary N) is 1. The standard InChI is InChI=1S/C20H26N4O4S/c1-6-7-8-24-13(2)21-19-16(22-29(5,26)27)9-14(10-17(19)24)15-11-18(28-4)20(25)23(3)12-15/h9-12,22H,6-8H2,1-5H3. The van der Waals surface area contributed by atoms with Crippen molar-refractivity contribution in [2.75, 3.05) is 18.1 Å². The molecular weight excluding hydrogens is 392 g/mol. The van der Waals surface area contributed by atoms with Crippen molar-refractivity contribution in [2.24, 2.45) is 7.05 Å². The minimum Gasteiger partial charge on any atom is -0.491 e. The number of sulfonamides is 1. The van der Waals surface area contributed by atoms with E-state index >= 15 is 0 Å². The molecule has 1 N–H and O–H groups in total. The molecule has 0 aliphatic rings. The van der Waals surface area contributed by atoms with Crippen LogP contribution in [0.4, 0.5) is 5.69 Å². The van der Waals surface area contributed by atoms with Gasteiger partial charge in [-0.1, -0.05) is 13.3 Å². The number of benzene rings is 1. The molecule has 1 aromatic carbocycles. The maximum Gasteiger partial charge on any atom is 0.292 e. The van der Waals surface area contributed by atoms with E-state index in [1.54, 1.807) is 25.4 Å². The molecule has 0 aliphatic carbocycles. The van der Waals surface area contributed by atoms with E-state index in [0.717, 1.165) is 48.1 Å². The number of imidazole rings is 1. The van der Waals surface area contributed by atoms with Gasteiger partial charge in [0.2, 0.25) is 10.0 Å². The van der Waals surface area contributed by atoms with Gasteiger partial charge in [0.15, 0.2) is 5.75 Å². The van der Waals surface area contributed by atoms with Gasteiger partial charge in [0, 0.05) is 25.4 Å². The topological polar surface area (TPSA) is 95.2 Å². The summed E-state index contributed by atoms with van der Waals surface area (Å²) in [6.07, 6.45) is 4.84. The Kier molecular flexibility index (Phi) is 5.70. The largest absolute Gasteiger partial charge is 0.491 e. The average molecular weight is 419 g/mol. The van der Waals surface area contributed by atoms with Gasteiger partial charge in [-0.15, -0.1) is 0 Å². The van der Waals surface area contributed by atoms with E-state index < -0.39 is 10.0 Å². The molecule has 0 saturated heterocycles. The van der Waals surface area contributed by atoms with Crippen molar-refractivity contribution in [1.82, 2.24) is 14.1 Å². The molecule has 0 atom stereocenters. The predicted octanol–water partition coefficient (Wildman–Crippen LogP) is 2.89. The molecule has 0 radical (unpaired) electrons. The quantitative estimate of drug-likeness (QED) is 0.637. The summed E-state index contributed by atoms with van der Waals surface area (Å²) < 4.78 is 35.2. The zero-order valence-corrected chi connectivity index (χ0v) is 18.1. The lowest BCUT2D eigenvalue weighted by atomic mass is 10.1. The highest BCUT2D eigenvalue weighted by Gasteiger charge is 2.17. The fourth-order valence-corrected chi connectivity index (χ4v) is 3.92. The van der Waals surface area contributed by atoms with Crippen molar-refractivity contribution in [3.63, 3.8) is 0 Å². The van der Waals surface area contributed by atoms with Gasteiger partial charge in [-0.05, 0) is 37.1 Å². The summed E-state index contributed by atoms with van der Waals surface area (Å²) in [5, 5.41) is 0. The molecule has 29 heavy (non-hydrogen) atoms. The second-order valence-corrected chi connectivity index (χ2v) is 8.89. The molecule has 3 aromatic rings. The highest BCUT2D eigenvalue weighted by molar-refractivity contribution is 7.92. The summed E-state index contributed by atoms with van der Waals surface area (Å²) >= 11 is 0. The van der Waals surface area contributed by atoms with E-state index in [0.29, 0.717) is 11.2 Å². The molecular formula is C20H26N4O4S. The number of aryl methyl sites for hydroxylation is 3. The van der Waals surface area contributed by atoms with Crippen LogP contribution in [0.1, 0.15) is 25.6 Å². The number of rotatable bonds is 7. The molecule has 0 amide bonds. The van der Waals surface area contributed by atoms with Crippen molar-refractivity contribution < 1.29 is 13.2 Å². The number of pyridine rings is 1.